The highest BCUT2D eigenvalue weighted by Crippen LogP contribution is 2.24. The summed E-state index contributed by atoms with van der Waals surface area (Å²) in [6.45, 7) is 0. The molecule has 0 atom stereocenters. The zero-order valence-corrected chi connectivity index (χ0v) is 12.6. The van der Waals surface area contributed by atoms with Gasteiger partial charge in [-0.05, 0) is 35.9 Å². The van der Waals surface area contributed by atoms with Crippen molar-refractivity contribution in [1.29, 1.82) is 0 Å². The number of nitrogens with zero attached hydrogens (tertiary/aromatic N) is 1. The molecule has 0 aliphatic carbocycles. The quantitative estimate of drug-likeness (QED) is 0.765. The van der Waals surface area contributed by atoms with Crippen LogP contribution in [0.15, 0.2) is 73.1 Å². The van der Waals surface area contributed by atoms with Crippen LogP contribution in [0, 0.1) is 0 Å². The maximum Gasteiger partial charge on any atom is 0.228 e. The van der Waals surface area contributed by atoms with E-state index in [1.807, 2.05) is 71.6 Å². The Hall–Kier alpha value is -2.52. The van der Waals surface area contributed by atoms with Gasteiger partial charge in [0.05, 0.1) is 17.8 Å². The molecule has 0 aliphatic heterocycles. The van der Waals surface area contributed by atoms with Crippen molar-refractivity contribution in [2.45, 2.75) is 6.42 Å². The summed E-state index contributed by atoms with van der Waals surface area (Å²) < 4.78 is 1.92. The highest BCUT2D eigenvalue weighted by atomic mass is 35.5. The molecule has 0 spiro atoms. The van der Waals surface area contributed by atoms with Gasteiger partial charge in [0.1, 0.15) is 0 Å². The van der Waals surface area contributed by atoms with Crippen LogP contribution in [0.25, 0.3) is 5.69 Å². The molecule has 0 unspecified atom stereocenters. The van der Waals surface area contributed by atoms with Crippen molar-refractivity contribution in [2.75, 3.05) is 5.32 Å². The molecule has 0 saturated carbocycles. The number of carbonyl (C=O) groups excluding carboxylic acids is 1. The lowest BCUT2D eigenvalue weighted by atomic mass is 10.1. The van der Waals surface area contributed by atoms with E-state index < -0.39 is 0 Å². The smallest absolute Gasteiger partial charge is 0.228 e. The normalized spacial score (nSPS) is 10.4. The Balaban J connectivity index is 1.82. The fourth-order valence-corrected chi connectivity index (χ4v) is 2.46. The molecule has 2 aromatic carbocycles. The molecule has 4 heteroatoms. The third-order valence-corrected chi connectivity index (χ3v) is 3.56. The van der Waals surface area contributed by atoms with Crippen LogP contribution < -0.4 is 5.32 Å². The van der Waals surface area contributed by atoms with Gasteiger partial charge in [-0.3, -0.25) is 4.79 Å². The number of aromatic nitrogens is 1. The molecule has 3 aromatic rings. The van der Waals surface area contributed by atoms with E-state index in [2.05, 4.69) is 5.32 Å². The van der Waals surface area contributed by atoms with E-state index >= 15 is 0 Å². The lowest BCUT2D eigenvalue weighted by Gasteiger charge is -2.12. The van der Waals surface area contributed by atoms with Crippen molar-refractivity contribution < 1.29 is 4.79 Å². The highest BCUT2D eigenvalue weighted by Gasteiger charge is 2.09. The number of halogens is 1. The summed E-state index contributed by atoms with van der Waals surface area (Å²) in [5, 5.41) is 3.59. The summed E-state index contributed by atoms with van der Waals surface area (Å²) in [6, 6.07) is 18.9. The first-order valence-corrected chi connectivity index (χ1v) is 7.37. The summed E-state index contributed by atoms with van der Waals surface area (Å²) in [4.78, 5) is 12.2. The fourth-order valence-electron chi connectivity index (χ4n) is 2.29. The van der Waals surface area contributed by atoms with Crippen LogP contribution >= 0.6 is 11.6 Å². The fraction of sp³-hybridized carbons (Fsp3) is 0.0556. The van der Waals surface area contributed by atoms with Crippen molar-refractivity contribution in [3.8, 4) is 5.69 Å². The van der Waals surface area contributed by atoms with Gasteiger partial charge in [-0.15, -0.1) is 0 Å². The minimum atomic E-state index is -0.0538. The number of hydrogen-bond donors (Lipinski definition) is 1. The Bertz CT molecular complexity index is 767. The van der Waals surface area contributed by atoms with Crippen LogP contribution in [-0.4, -0.2) is 10.5 Å². The van der Waals surface area contributed by atoms with E-state index in [1.54, 1.807) is 6.07 Å². The SMILES string of the molecule is O=C(Cc1ccccc1)Nc1ccc(Cl)cc1-n1cccc1. The topological polar surface area (TPSA) is 34.0 Å². The molecule has 0 saturated heterocycles. The van der Waals surface area contributed by atoms with Gasteiger partial charge in [-0.25, -0.2) is 0 Å². The maximum atomic E-state index is 12.2. The van der Waals surface area contributed by atoms with Crippen molar-refractivity contribution in [3.05, 3.63) is 83.6 Å². The molecule has 1 aromatic heterocycles. The van der Waals surface area contributed by atoms with E-state index in [-0.39, 0.29) is 5.91 Å². The monoisotopic (exact) mass is 310 g/mol. The van der Waals surface area contributed by atoms with Crippen molar-refractivity contribution in [2.24, 2.45) is 0 Å². The van der Waals surface area contributed by atoms with E-state index in [9.17, 15) is 4.79 Å². The number of nitrogens with one attached hydrogen (secondary N) is 1. The molecule has 1 heterocycles. The van der Waals surface area contributed by atoms with Gasteiger partial charge in [-0.1, -0.05) is 41.9 Å². The van der Waals surface area contributed by atoms with Gasteiger partial charge < -0.3 is 9.88 Å². The number of hydrogen-bond acceptors (Lipinski definition) is 1. The van der Waals surface area contributed by atoms with Crippen LogP contribution in [0.5, 0.6) is 0 Å². The Morgan fingerprint density at radius 1 is 1.00 bits per heavy atom. The van der Waals surface area contributed by atoms with Crippen molar-refractivity contribution >= 4 is 23.2 Å². The number of benzene rings is 2. The third kappa shape index (κ3) is 3.38. The van der Waals surface area contributed by atoms with Crippen molar-refractivity contribution in [1.82, 2.24) is 4.57 Å². The average molecular weight is 311 g/mol. The summed E-state index contributed by atoms with van der Waals surface area (Å²) in [5.74, 6) is -0.0538. The zero-order chi connectivity index (χ0) is 15.4. The molecule has 22 heavy (non-hydrogen) atoms. The second kappa shape index (κ2) is 6.50. The number of anilines is 1. The van der Waals surface area contributed by atoms with Gasteiger partial charge in [0.15, 0.2) is 0 Å². The molecular formula is C18H15ClN2O. The Kier molecular flexibility index (Phi) is 4.26. The molecule has 0 aliphatic rings. The molecule has 3 rings (SSSR count). The van der Waals surface area contributed by atoms with E-state index in [4.69, 9.17) is 11.6 Å². The predicted octanol–water partition coefficient (Wildman–Crippen LogP) is 4.31. The standard InChI is InChI=1S/C18H15ClN2O/c19-15-8-9-16(17(13-15)21-10-4-5-11-21)20-18(22)12-14-6-2-1-3-7-14/h1-11,13H,12H2,(H,20,22). The summed E-state index contributed by atoms with van der Waals surface area (Å²) in [7, 11) is 0. The number of carbonyl (C=O) groups is 1. The van der Waals surface area contributed by atoms with E-state index in [1.165, 1.54) is 0 Å². The van der Waals surface area contributed by atoms with Gasteiger partial charge in [0.2, 0.25) is 5.91 Å². The van der Waals surface area contributed by atoms with E-state index in [0.717, 1.165) is 16.9 Å². The van der Waals surface area contributed by atoms with Crippen LogP contribution in [0.3, 0.4) is 0 Å². The predicted molar refractivity (Wildman–Crippen MR) is 89.6 cm³/mol. The molecule has 1 amide bonds. The molecule has 110 valence electrons. The summed E-state index contributed by atoms with van der Waals surface area (Å²) in [5.41, 5.74) is 2.57. The first-order valence-electron chi connectivity index (χ1n) is 6.99. The van der Waals surface area contributed by atoms with Gasteiger partial charge in [0.25, 0.3) is 0 Å². The Morgan fingerprint density at radius 3 is 2.45 bits per heavy atom. The van der Waals surface area contributed by atoms with Crippen LogP contribution in [0.4, 0.5) is 5.69 Å². The molecule has 1 N–H and O–H groups in total. The Morgan fingerprint density at radius 2 is 1.73 bits per heavy atom. The molecule has 0 radical (unpaired) electrons. The lowest BCUT2D eigenvalue weighted by Crippen LogP contribution is -2.15. The van der Waals surface area contributed by atoms with Crippen LogP contribution in [0.1, 0.15) is 5.56 Å². The Labute approximate surface area is 134 Å². The van der Waals surface area contributed by atoms with Crippen LogP contribution in [0.2, 0.25) is 5.02 Å². The van der Waals surface area contributed by atoms with Gasteiger partial charge in [-0.2, -0.15) is 0 Å². The first kappa shape index (κ1) is 14.4. The highest BCUT2D eigenvalue weighted by molar-refractivity contribution is 6.30. The van der Waals surface area contributed by atoms with Crippen LogP contribution in [-0.2, 0) is 11.2 Å². The summed E-state index contributed by atoms with van der Waals surface area (Å²) in [6.07, 6.45) is 4.17. The van der Waals surface area contributed by atoms with E-state index in [0.29, 0.717) is 11.4 Å². The van der Waals surface area contributed by atoms with Gasteiger partial charge >= 0.3 is 0 Å². The van der Waals surface area contributed by atoms with Gasteiger partial charge in [0, 0.05) is 17.4 Å². The lowest BCUT2D eigenvalue weighted by molar-refractivity contribution is -0.115. The minimum Gasteiger partial charge on any atom is -0.324 e. The minimum absolute atomic E-state index is 0.0538. The number of amides is 1. The molecule has 3 nitrogen and oxygen atoms in total. The van der Waals surface area contributed by atoms with Crippen molar-refractivity contribution in [3.63, 3.8) is 0 Å². The average Bonchev–Trinajstić information content (AvgIpc) is 3.04. The first-order chi connectivity index (χ1) is 10.7. The largest absolute Gasteiger partial charge is 0.324 e. The zero-order valence-electron chi connectivity index (χ0n) is 11.9. The second-order valence-corrected chi connectivity index (χ2v) is 5.40. The maximum absolute atomic E-state index is 12.2. The number of rotatable bonds is 4. The molecule has 0 bridgehead atoms. The molecule has 0 fully saturated rings. The third-order valence-electron chi connectivity index (χ3n) is 3.32. The second-order valence-electron chi connectivity index (χ2n) is 4.96. The molecular weight excluding hydrogens is 296 g/mol. The summed E-state index contributed by atoms with van der Waals surface area (Å²) >= 11 is 6.07.